The number of aromatic nitrogens is 1. The molecule has 1 saturated carbocycles. The van der Waals surface area contributed by atoms with Gasteiger partial charge < -0.3 is 15.2 Å². The number of aliphatic hydroxyl groups is 1. The molecule has 1 saturated heterocycles. The minimum absolute atomic E-state index is 0.0680. The standard InChI is InChI=1S/C28H29N3O5S/c32-18-22-3-2-15-31(22)37(34,35)23-9-6-19(7-10-23)24-4-1-5-26(29-24)30-27(33)28(13-14-28)21-8-11-25-20(17-21)12-16-36-25/h1,4-11,17,22,32H,2-3,12-16,18H2,(H,29,30,33)/t22-/m1/s1. The molecule has 1 aromatic heterocycles. The van der Waals surface area contributed by atoms with Crippen LogP contribution in [0.5, 0.6) is 5.75 Å². The smallest absolute Gasteiger partial charge is 0.243 e. The highest BCUT2D eigenvalue weighted by Crippen LogP contribution is 2.50. The Balaban J connectivity index is 1.19. The fourth-order valence-corrected chi connectivity index (χ4v) is 7.08. The number of sulfonamides is 1. The first-order valence-corrected chi connectivity index (χ1v) is 14.1. The van der Waals surface area contributed by atoms with Gasteiger partial charge >= 0.3 is 0 Å². The zero-order valence-electron chi connectivity index (χ0n) is 20.4. The summed E-state index contributed by atoms with van der Waals surface area (Å²) in [6.45, 7) is 0.921. The van der Waals surface area contributed by atoms with Gasteiger partial charge in [-0.05, 0) is 67.1 Å². The highest BCUT2D eigenvalue weighted by molar-refractivity contribution is 7.89. The topological polar surface area (TPSA) is 109 Å². The van der Waals surface area contributed by atoms with E-state index in [1.54, 1.807) is 30.3 Å². The molecule has 2 N–H and O–H groups in total. The molecule has 2 aromatic carbocycles. The van der Waals surface area contributed by atoms with Crippen LogP contribution >= 0.6 is 0 Å². The second-order valence-electron chi connectivity index (χ2n) is 9.98. The maximum absolute atomic E-state index is 13.3. The van der Waals surface area contributed by atoms with Crippen molar-refractivity contribution in [2.24, 2.45) is 0 Å². The van der Waals surface area contributed by atoms with Crippen molar-refractivity contribution in [3.8, 4) is 17.0 Å². The van der Waals surface area contributed by atoms with Crippen LogP contribution in [0, 0.1) is 0 Å². The van der Waals surface area contributed by atoms with E-state index in [9.17, 15) is 18.3 Å². The zero-order chi connectivity index (χ0) is 25.6. The van der Waals surface area contributed by atoms with Gasteiger partial charge in [0.15, 0.2) is 0 Å². The number of amides is 1. The lowest BCUT2D eigenvalue weighted by Crippen LogP contribution is -2.37. The molecule has 2 aliphatic heterocycles. The highest BCUT2D eigenvalue weighted by atomic mass is 32.2. The summed E-state index contributed by atoms with van der Waals surface area (Å²) in [5.41, 5.74) is 3.01. The number of carbonyl (C=O) groups excluding carboxylic acids is 1. The summed E-state index contributed by atoms with van der Waals surface area (Å²) in [6.07, 6.45) is 3.86. The Kier molecular flexibility index (Phi) is 6.01. The molecule has 9 heteroatoms. The molecule has 8 nitrogen and oxygen atoms in total. The van der Waals surface area contributed by atoms with Crippen molar-refractivity contribution in [3.05, 3.63) is 71.8 Å². The molecule has 0 bridgehead atoms. The van der Waals surface area contributed by atoms with Gasteiger partial charge in [-0.15, -0.1) is 0 Å². The van der Waals surface area contributed by atoms with Crippen LogP contribution in [0.2, 0.25) is 0 Å². The molecule has 0 spiro atoms. The quantitative estimate of drug-likeness (QED) is 0.495. The van der Waals surface area contributed by atoms with E-state index in [-0.39, 0.29) is 23.5 Å². The minimum atomic E-state index is -3.67. The molecule has 192 valence electrons. The Bertz CT molecular complexity index is 1450. The van der Waals surface area contributed by atoms with Crippen molar-refractivity contribution in [1.82, 2.24) is 9.29 Å². The Labute approximate surface area is 216 Å². The summed E-state index contributed by atoms with van der Waals surface area (Å²) in [4.78, 5) is 18.1. The average Bonchev–Trinajstić information content (AvgIpc) is 3.35. The lowest BCUT2D eigenvalue weighted by atomic mass is 9.93. The Hall–Kier alpha value is -3.27. The first-order chi connectivity index (χ1) is 17.9. The Morgan fingerprint density at radius 3 is 2.70 bits per heavy atom. The summed E-state index contributed by atoms with van der Waals surface area (Å²) in [6, 6.07) is 17.7. The molecule has 1 amide bonds. The van der Waals surface area contributed by atoms with Gasteiger partial charge in [-0.3, -0.25) is 4.79 Å². The highest BCUT2D eigenvalue weighted by Gasteiger charge is 2.51. The zero-order valence-corrected chi connectivity index (χ0v) is 21.2. The summed E-state index contributed by atoms with van der Waals surface area (Å²) >= 11 is 0. The fourth-order valence-electron chi connectivity index (χ4n) is 5.40. The van der Waals surface area contributed by atoms with E-state index in [1.165, 1.54) is 4.31 Å². The van der Waals surface area contributed by atoms with Crippen molar-refractivity contribution in [2.45, 2.75) is 48.5 Å². The average molecular weight is 520 g/mol. The fraction of sp³-hybridized carbons (Fsp3) is 0.357. The summed E-state index contributed by atoms with van der Waals surface area (Å²) in [7, 11) is -3.67. The van der Waals surface area contributed by atoms with Gasteiger partial charge in [0.1, 0.15) is 11.6 Å². The van der Waals surface area contributed by atoms with Crippen LogP contribution in [0.15, 0.2) is 65.6 Å². The molecular weight excluding hydrogens is 490 g/mol. The third-order valence-electron chi connectivity index (χ3n) is 7.71. The van der Waals surface area contributed by atoms with Gasteiger partial charge in [-0.1, -0.05) is 30.3 Å². The van der Waals surface area contributed by atoms with E-state index in [2.05, 4.69) is 16.4 Å². The largest absolute Gasteiger partial charge is 0.493 e. The maximum atomic E-state index is 13.3. The first-order valence-electron chi connectivity index (χ1n) is 12.7. The van der Waals surface area contributed by atoms with Crippen LogP contribution in [0.3, 0.4) is 0 Å². The lowest BCUT2D eigenvalue weighted by Gasteiger charge is -2.22. The summed E-state index contributed by atoms with van der Waals surface area (Å²) in [5, 5.41) is 12.5. The first kappa shape index (κ1) is 24.1. The monoisotopic (exact) mass is 519 g/mol. The van der Waals surface area contributed by atoms with Crippen LogP contribution in [0.4, 0.5) is 5.82 Å². The van der Waals surface area contributed by atoms with Crippen molar-refractivity contribution < 1.29 is 23.1 Å². The van der Waals surface area contributed by atoms with E-state index in [4.69, 9.17) is 4.74 Å². The molecule has 6 rings (SSSR count). The number of anilines is 1. The molecule has 1 atom stereocenters. The molecule has 0 unspecified atom stereocenters. The molecule has 1 aliphatic carbocycles. The third-order valence-corrected chi connectivity index (χ3v) is 9.67. The summed E-state index contributed by atoms with van der Waals surface area (Å²) < 4.78 is 33.1. The lowest BCUT2D eigenvalue weighted by molar-refractivity contribution is -0.118. The number of rotatable bonds is 7. The number of fused-ring (bicyclic) bond motifs is 1. The number of ether oxygens (including phenoxy) is 1. The number of aliphatic hydroxyl groups excluding tert-OH is 1. The van der Waals surface area contributed by atoms with Crippen LogP contribution < -0.4 is 10.1 Å². The molecule has 0 radical (unpaired) electrons. The van der Waals surface area contributed by atoms with Gasteiger partial charge in [0.25, 0.3) is 0 Å². The number of benzene rings is 2. The maximum Gasteiger partial charge on any atom is 0.243 e. The predicted molar refractivity (Wildman–Crippen MR) is 139 cm³/mol. The number of pyridine rings is 1. The van der Waals surface area contributed by atoms with Crippen molar-refractivity contribution in [3.63, 3.8) is 0 Å². The molecule has 3 heterocycles. The number of nitrogens with one attached hydrogen (secondary N) is 1. The van der Waals surface area contributed by atoms with E-state index in [0.29, 0.717) is 31.1 Å². The van der Waals surface area contributed by atoms with Crippen molar-refractivity contribution >= 4 is 21.7 Å². The molecular formula is C28H29N3O5S. The van der Waals surface area contributed by atoms with E-state index in [0.717, 1.165) is 48.1 Å². The number of hydrogen-bond acceptors (Lipinski definition) is 6. The van der Waals surface area contributed by atoms with Crippen molar-refractivity contribution in [2.75, 3.05) is 25.1 Å². The van der Waals surface area contributed by atoms with Crippen molar-refractivity contribution in [1.29, 1.82) is 0 Å². The molecule has 3 aliphatic rings. The van der Waals surface area contributed by atoms with Crippen LogP contribution in [-0.4, -0.2) is 54.5 Å². The minimum Gasteiger partial charge on any atom is -0.493 e. The third kappa shape index (κ3) is 4.31. The molecule has 37 heavy (non-hydrogen) atoms. The van der Waals surface area contributed by atoms with E-state index >= 15 is 0 Å². The van der Waals surface area contributed by atoms with Gasteiger partial charge in [0.05, 0.1) is 29.2 Å². The SMILES string of the molecule is O=C(Nc1cccc(-c2ccc(S(=O)(=O)N3CCC[C@@H]3CO)cc2)n1)C1(c2ccc3c(c2)CCO3)CC1. The number of carbonyl (C=O) groups is 1. The van der Waals surface area contributed by atoms with Crippen LogP contribution in [0.25, 0.3) is 11.3 Å². The Morgan fingerprint density at radius 1 is 1.14 bits per heavy atom. The van der Waals surface area contributed by atoms with Gasteiger partial charge in [0.2, 0.25) is 15.9 Å². The van der Waals surface area contributed by atoms with Crippen LogP contribution in [0.1, 0.15) is 36.8 Å². The van der Waals surface area contributed by atoms with Gasteiger partial charge in [-0.25, -0.2) is 13.4 Å². The van der Waals surface area contributed by atoms with Gasteiger partial charge in [-0.2, -0.15) is 4.31 Å². The predicted octanol–water partition coefficient (Wildman–Crippen LogP) is 3.50. The van der Waals surface area contributed by atoms with E-state index < -0.39 is 15.4 Å². The number of nitrogens with zero attached hydrogens (tertiary/aromatic N) is 2. The number of hydrogen-bond donors (Lipinski definition) is 2. The molecule has 2 fully saturated rings. The van der Waals surface area contributed by atoms with Crippen LogP contribution in [-0.2, 0) is 26.7 Å². The normalized spacial score (nSPS) is 20.3. The summed E-state index contributed by atoms with van der Waals surface area (Å²) in [5.74, 6) is 1.29. The molecule has 3 aromatic rings. The second-order valence-corrected chi connectivity index (χ2v) is 11.9. The van der Waals surface area contributed by atoms with E-state index in [1.807, 2.05) is 24.3 Å². The Morgan fingerprint density at radius 2 is 1.95 bits per heavy atom. The van der Waals surface area contributed by atoms with Gasteiger partial charge in [0, 0.05) is 24.6 Å². The second kappa shape index (κ2) is 9.24.